The number of aryl methyl sites for hydroxylation is 3. The molecule has 3 heteroatoms. The zero-order chi connectivity index (χ0) is 21.1. The smallest absolute Gasteiger partial charge is 0.214 e. The summed E-state index contributed by atoms with van der Waals surface area (Å²) in [5.74, 6) is 4.56. The van der Waals surface area contributed by atoms with Crippen LogP contribution in [0.2, 0.25) is 0 Å². The van der Waals surface area contributed by atoms with Crippen molar-refractivity contribution in [2.45, 2.75) is 91.5 Å². The van der Waals surface area contributed by atoms with Gasteiger partial charge in [0.2, 0.25) is 5.88 Å². The summed E-state index contributed by atoms with van der Waals surface area (Å²) in [5, 5.41) is 10.4. The quantitative estimate of drug-likeness (QED) is 0.568. The lowest BCUT2D eigenvalue weighted by Crippen LogP contribution is -2.46. The third kappa shape index (κ3) is 4.76. The minimum Gasteiger partial charge on any atom is -0.493 e. The van der Waals surface area contributed by atoms with Gasteiger partial charge in [0, 0.05) is 13.0 Å². The van der Waals surface area contributed by atoms with Crippen LogP contribution in [0, 0.1) is 37.0 Å². The van der Waals surface area contributed by atoms with Gasteiger partial charge in [0.05, 0.1) is 5.69 Å². The topological polar surface area (TPSA) is 38.1 Å². The molecule has 30 heavy (non-hydrogen) atoms. The first kappa shape index (κ1) is 21.5. The molecule has 1 aromatic carbocycles. The van der Waals surface area contributed by atoms with Gasteiger partial charge >= 0.3 is 0 Å². The van der Waals surface area contributed by atoms with Crippen LogP contribution in [0.25, 0.3) is 0 Å². The van der Waals surface area contributed by atoms with Crippen molar-refractivity contribution in [2.24, 2.45) is 23.2 Å². The van der Waals surface area contributed by atoms with Crippen LogP contribution in [0.3, 0.4) is 0 Å². The maximum Gasteiger partial charge on any atom is 0.214 e. The van der Waals surface area contributed by atoms with E-state index >= 15 is 0 Å². The van der Waals surface area contributed by atoms with Gasteiger partial charge in [-0.15, -0.1) is 0 Å². The second kappa shape index (κ2) is 9.16. The standard InChI is InChI=1S/C20H32N2O.C7H8/c1-3-4-5-18-21-14(2)19(23)22(18)7-6-20-11-15-8-16(12-20)10-17(9-15)13-20;1-7-5-3-2-4-6-7/h15-17,23H,3-13H2,1-2H3;2-6H,1H3. The van der Waals surface area contributed by atoms with Gasteiger partial charge in [-0.3, -0.25) is 4.57 Å². The van der Waals surface area contributed by atoms with Crippen molar-refractivity contribution in [3.8, 4) is 5.88 Å². The highest BCUT2D eigenvalue weighted by Crippen LogP contribution is 2.61. The third-order valence-corrected chi connectivity index (χ3v) is 7.91. The SMILES string of the molecule is CCCCc1nc(C)c(O)n1CCC12CC3CC(CC(C3)C1)C2.Cc1ccccc1. The van der Waals surface area contributed by atoms with Crippen molar-refractivity contribution >= 4 is 0 Å². The molecule has 0 atom stereocenters. The molecule has 1 aromatic heterocycles. The molecule has 1 heterocycles. The number of hydrogen-bond donors (Lipinski definition) is 1. The van der Waals surface area contributed by atoms with Crippen LogP contribution in [0.4, 0.5) is 0 Å². The summed E-state index contributed by atoms with van der Waals surface area (Å²) in [6.07, 6.45) is 13.5. The van der Waals surface area contributed by atoms with E-state index in [2.05, 4.69) is 35.5 Å². The molecule has 4 bridgehead atoms. The number of hydrogen-bond acceptors (Lipinski definition) is 2. The second-order valence-electron chi connectivity index (χ2n) is 10.5. The summed E-state index contributed by atoms with van der Waals surface area (Å²) in [4.78, 5) is 4.63. The molecule has 0 saturated heterocycles. The summed E-state index contributed by atoms with van der Waals surface area (Å²) in [6, 6.07) is 10.3. The van der Waals surface area contributed by atoms with Crippen molar-refractivity contribution in [2.75, 3.05) is 0 Å². The van der Waals surface area contributed by atoms with Crippen LogP contribution in [0.5, 0.6) is 5.88 Å². The summed E-state index contributed by atoms with van der Waals surface area (Å²) in [6.45, 7) is 7.21. The highest BCUT2D eigenvalue weighted by atomic mass is 16.3. The number of aromatic nitrogens is 2. The molecule has 4 fully saturated rings. The average Bonchev–Trinajstić information content (AvgIpc) is 2.98. The number of rotatable bonds is 6. The second-order valence-corrected chi connectivity index (χ2v) is 10.5. The lowest BCUT2D eigenvalue weighted by Gasteiger charge is -2.57. The van der Waals surface area contributed by atoms with Gasteiger partial charge in [0.15, 0.2) is 0 Å². The van der Waals surface area contributed by atoms with E-state index in [1.54, 1.807) is 0 Å². The van der Waals surface area contributed by atoms with Gasteiger partial charge in [0.25, 0.3) is 0 Å². The molecule has 0 amide bonds. The lowest BCUT2D eigenvalue weighted by molar-refractivity contribution is -0.0594. The van der Waals surface area contributed by atoms with Gasteiger partial charge in [0.1, 0.15) is 5.82 Å². The Labute approximate surface area is 182 Å². The molecule has 1 N–H and O–H groups in total. The molecule has 4 aliphatic rings. The van der Waals surface area contributed by atoms with E-state index < -0.39 is 0 Å². The maximum absolute atomic E-state index is 10.4. The molecule has 0 aliphatic heterocycles. The highest BCUT2D eigenvalue weighted by molar-refractivity contribution is 5.21. The van der Waals surface area contributed by atoms with E-state index in [-0.39, 0.29) is 0 Å². The van der Waals surface area contributed by atoms with Crippen molar-refractivity contribution in [1.29, 1.82) is 0 Å². The maximum atomic E-state index is 10.4. The number of nitrogens with zero attached hydrogens (tertiary/aromatic N) is 2. The molecule has 3 nitrogen and oxygen atoms in total. The van der Waals surface area contributed by atoms with Crippen molar-refractivity contribution in [1.82, 2.24) is 9.55 Å². The van der Waals surface area contributed by atoms with Crippen molar-refractivity contribution in [3.05, 3.63) is 47.4 Å². The third-order valence-electron chi connectivity index (χ3n) is 7.91. The summed E-state index contributed by atoms with van der Waals surface area (Å²) in [7, 11) is 0. The van der Waals surface area contributed by atoms with Crippen LogP contribution < -0.4 is 0 Å². The molecule has 0 unspecified atom stereocenters. The Kier molecular flexibility index (Phi) is 6.55. The Bertz CT molecular complexity index is 788. The van der Waals surface area contributed by atoms with Crippen LogP contribution in [0.1, 0.15) is 81.8 Å². The Morgan fingerprint density at radius 3 is 2.10 bits per heavy atom. The fraction of sp³-hybridized carbons (Fsp3) is 0.667. The molecular weight excluding hydrogens is 368 g/mol. The lowest BCUT2D eigenvalue weighted by atomic mass is 9.49. The van der Waals surface area contributed by atoms with Crippen LogP contribution in [-0.2, 0) is 13.0 Å². The minimum absolute atomic E-state index is 0.417. The Morgan fingerprint density at radius 2 is 1.60 bits per heavy atom. The van der Waals surface area contributed by atoms with E-state index in [0.29, 0.717) is 11.3 Å². The van der Waals surface area contributed by atoms with Crippen molar-refractivity contribution < 1.29 is 5.11 Å². The van der Waals surface area contributed by atoms with Crippen LogP contribution in [0.15, 0.2) is 30.3 Å². The first-order valence-electron chi connectivity index (χ1n) is 12.2. The molecule has 0 spiro atoms. The number of unbranched alkanes of at least 4 members (excludes halogenated alkanes) is 1. The van der Waals surface area contributed by atoms with Gasteiger partial charge in [-0.25, -0.2) is 4.98 Å². The first-order chi connectivity index (χ1) is 14.5. The van der Waals surface area contributed by atoms with Gasteiger partial charge in [-0.1, -0.05) is 49.2 Å². The van der Waals surface area contributed by atoms with E-state index in [9.17, 15) is 5.11 Å². The van der Waals surface area contributed by atoms with E-state index in [0.717, 1.165) is 48.7 Å². The zero-order valence-corrected chi connectivity index (χ0v) is 19.2. The Morgan fingerprint density at radius 1 is 1.00 bits per heavy atom. The van der Waals surface area contributed by atoms with Crippen molar-refractivity contribution in [3.63, 3.8) is 0 Å². The molecular formula is C27H40N2O. The molecule has 6 rings (SSSR count). The Hall–Kier alpha value is -1.77. The normalized spacial score (nSPS) is 29.0. The molecule has 0 radical (unpaired) electrons. The molecule has 4 aliphatic carbocycles. The molecule has 2 aromatic rings. The fourth-order valence-electron chi connectivity index (χ4n) is 6.86. The van der Waals surface area contributed by atoms with E-state index in [1.165, 1.54) is 56.9 Å². The minimum atomic E-state index is 0.417. The number of benzene rings is 1. The Balaban J connectivity index is 0.000000265. The number of aromatic hydroxyl groups is 1. The van der Waals surface area contributed by atoms with Gasteiger partial charge < -0.3 is 5.11 Å². The number of imidazole rings is 1. The average molecular weight is 409 g/mol. The predicted octanol–water partition coefficient (Wildman–Crippen LogP) is 6.84. The monoisotopic (exact) mass is 408 g/mol. The first-order valence-corrected chi connectivity index (χ1v) is 12.2. The van der Waals surface area contributed by atoms with Crippen LogP contribution in [-0.4, -0.2) is 14.7 Å². The largest absolute Gasteiger partial charge is 0.493 e. The summed E-state index contributed by atoms with van der Waals surface area (Å²) < 4.78 is 2.13. The summed E-state index contributed by atoms with van der Waals surface area (Å²) in [5.41, 5.74) is 2.71. The molecule has 164 valence electrons. The molecule has 4 saturated carbocycles. The van der Waals surface area contributed by atoms with E-state index in [4.69, 9.17) is 0 Å². The van der Waals surface area contributed by atoms with Gasteiger partial charge in [-0.05, 0) is 88.4 Å². The zero-order valence-electron chi connectivity index (χ0n) is 19.2. The van der Waals surface area contributed by atoms with Crippen LogP contribution >= 0.6 is 0 Å². The fourth-order valence-corrected chi connectivity index (χ4v) is 6.86. The van der Waals surface area contributed by atoms with Gasteiger partial charge in [-0.2, -0.15) is 0 Å². The summed E-state index contributed by atoms with van der Waals surface area (Å²) >= 11 is 0. The predicted molar refractivity (Wildman–Crippen MR) is 124 cm³/mol. The highest BCUT2D eigenvalue weighted by Gasteiger charge is 2.50. The van der Waals surface area contributed by atoms with E-state index in [1.807, 2.05) is 25.1 Å².